The van der Waals surface area contributed by atoms with Crippen molar-refractivity contribution in [1.82, 2.24) is 10.2 Å². The lowest BCUT2D eigenvalue weighted by atomic mass is 10.2. The van der Waals surface area contributed by atoms with Crippen LogP contribution in [0.25, 0.3) is 10.1 Å². The van der Waals surface area contributed by atoms with Gasteiger partial charge in [0, 0.05) is 4.70 Å². The summed E-state index contributed by atoms with van der Waals surface area (Å²) < 4.78 is 51.1. The van der Waals surface area contributed by atoms with E-state index < -0.39 is 45.5 Å². The highest BCUT2D eigenvalue weighted by molar-refractivity contribution is 7.88. The predicted molar refractivity (Wildman–Crippen MR) is 121 cm³/mol. The van der Waals surface area contributed by atoms with Gasteiger partial charge in [0.05, 0.1) is 18.0 Å². The summed E-state index contributed by atoms with van der Waals surface area (Å²) in [5.74, 6) is -1.46. The summed E-state index contributed by atoms with van der Waals surface area (Å²) in [4.78, 5) is 12.1. The Balaban J connectivity index is 1.81. The van der Waals surface area contributed by atoms with E-state index in [-0.39, 0.29) is 0 Å². The molecule has 0 aliphatic heterocycles. The van der Waals surface area contributed by atoms with Crippen LogP contribution >= 0.6 is 11.3 Å². The molecule has 9 nitrogen and oxygen atoms in total. The van der Waals surface area contributed by atoms with E-state index in [1.807, 2.05) is 24.4 Å². The van der Waals surface area contributed by atoms with E-state index >= 15 is 0 Å². The molecule has 0 saturated carbocycles. The van der Waals surface area contributed by atoms with Gasteiger partial charge in [-0.1, -0.05) is 23.8 Å². The quantitative estimate of drug-likeness (QED) is 0.209. The topological polar surface area (TPSA) is 136 Å². The van der Waals surface area contributed by atoms with Crippen molar-refractivity contribution in [2.24, 2.45) is 0 Å². The lowest BCUT2D eigenvalue weighted by Crippen LogP contribution is -2.52. The van der Waals surface area contributed by atoms with Crippen LogP contribution in [0.2, 0.25) is 0 Å². The van der Waals surface area contributed by atoms with Gasteiger partial charge in [-0.2, -0.15) is 0 Å². The second-order valence-corrected chi connectivity index (χ2v) is 10.4. The van der Waals surface area contributed by atoms with Gasteiger partial charge in [-0.25, -0.2) is 22.8 Å². The average Bonchev–Trinajstić information content (AvgIpc) is 3.18. The Kier molecular flexibility index (Phi) is 7.41. The van der Waals surface area contributed by atoms with E-state index in [2.05, 4.69) is 4.72 Å². The number of carbonyl (C=O) groups excluding carboxylic acids is 1. The van der Waals surface area contributed by atoms with Crippen molar-refractivity contribution in [3.63, 3.8) is 0 Å². The molecule has 1 amide bonds. The van der Waals surface area contributed by atoms with Gasteiger partial charge in [0.25, 0.3) is 17.2 Å². The molecule has 1 aromatic heterocycles. The smallest absolute Gasteiger partial charge is 0.263 e. The molecule has 0 aliphatic carbocycles. The Hall–Kier alpha value is -2.35. The van der Waals surface area contributed by atoms with E-state index in [0.717, 1.165) is 20.0 Å². The molecule has 0 bridgehead atoms. The molecule has 166 valence electrons. The number of benzene rings is 2. The van der Waals surface area contributed by atoms with Crippen molar-refractivity contribution >= 4 is 54.3 Å². The van der Waals surface area contributed by atoms with Crippen LogP contribution in [0, 0.1) is 6.92 Å². The summed E-state index contributed by atoms with van der Waals surface area (Å²) in [7, 11) is -4.03. The summed E-state index contributed by atoms with van der Waals surface area (Å²) in [6.07, 6.45) is 0. The first kappa shape index (κ1) is 23.3. The number of hydrogen-bond donors (Lipinski definition) is 4. The lowest BCUT2D eigenvalue weighted by molar-refractivity contribution is -0.130. The Morgan fingerprint density at radius 3 is 2.55 bits per heavy atom. The first-order valence-electron chi connectivity index (χ1n) is 9.04. The molecule has 3 rings (SSSR count). The van der Waals surface area contributed by atoms with Crippen molar-refractivity contribution < 1.29 is 27.2 Å². The summed E-state index contributed by atoms with van der Waals surface area (Å²) in [5.41, 5.74) is 3.15. The summed E-state index contributed by atoms with van der Waals surface area (Å²) in [6, 6.07) is 12.2. The zero-order valence-electron chi connectivity index (χ0n) is 16.4. The highest BCUT2D eigenvalue weighted by Crippen LogP contribution is 2.23. The van der Waals surface area contributed by atoms with Gasteiger partial charge in [0.2, 0.25) is 10.0 Å². The van der Waals surface area contributed by atoms with Crippen LogP contribution in [0.15, 0.2) is 53.9 Å². The van der Waals surface area contributed by atoms with Crippen LogP contribution in [0.5, 0.6) is 0 Å². The fourth-order valence-corrected chi connectivity index (χ4v) is 5.64. The minimum Gasteiger partial charge on any atom is -0.289 e. The molecule has 2 aromatic carbocycles. The maximum absolute atomic E-state index is 12.7. The van der Waals surface area contributed by atoms with E-state index in [9.17, 15) is 22.0 Å². The van der Waals surface area contributed by atoms with E-state index in [1.165, 1.54) is 16.8 Å². The van der Waals surface area contributed by atoms with E-state index in [4.69, 9.17) is 5.21 Å². The summed E-state index contributed by atoms with van der Waals surface area (Å²) >= 11 is -1.00. The minimum atomic E-state index is -4.03. The van der Waals surface area contributed by atoms with Crippen LogP contribution in [-0.4, -0.2) is 40.9 Å². The first-order valence-corrected chi connectivity index (χ1v) is 12.6. The van der Waals surface area contributed by atoms with Crippen LogP contribution in [0.1, 0.15) is 11.1 Å². The monoisotopic (exact) mass is 483 g/mol. The van der Waals surface area contributed by atoms with Gasteiger partial charge in [0.1, 0.15) is 6.04 Å². The molecular formula is C19H21N3O6S3. The number of sulfonamides is 1. The van der Waals surface area contributed by atoms with Gasteiger partial charge in [-0.05, 0) is 53.6 Å². The third-order valence-corrected chi connectivity index (χ3v) is 7.47. The second-order valence-electron chi connectivity index (χ2n) is 6.83. The minimum absolute atomic E-state index is 0.310. The molecule has 0 spiro atoms. The van der Waals surface area contributed by atoms with E-state index in [1.54, 1.807) is 36.4 Å². The van der Waals surface area contributed by atoms with Gasteiger partial charge in [-0.15, -0.1) is 11.3 Å². The van der Waals surface area contributed by atoms with Crippen molar-refractivity contribution in [2.75, 3.05) is 10.8 Å². The number of nitrogens with one attached hydrogen (secondary N) is 2. The van der Waals surface area contributed by atoms with Gasteiger partial charge in [0.15, 0.2) is 0 Å². The maximum Gasteiger partial charge on any atom is 0.263 e. The van der Waals surface area contributed by atoms with Crippen LogP contribution in [0.3, 0.4) is 0 Å². The normalized spacial score (nSPS) is 13.6. The lowest BCUT2D eigenvalue weighted by Gasteiger charge is -2.25. The summed E-state index contributed by atoms with van der Waals surface area (Å²) in [6.45, 7) is 1.36. The van der Waals surface area contributed by atoms with E-state index in [0.29, 0.717) is 11.3 Å². The molecule has 3 aromatic rings. The Morgan fingerprint density at radius 2 is 1.90 bits per heavy atom. The van der Waals surface area contributed by atoms with Gasteiger partial charge >= 0.3 is 0 Å². The van der Waals surface area contributed by atoms with Gasteiger partial charge in [-0.3, -0.25) is 18.9 Å². The molecule has 4 N–H and O–H groups in total. The summed E-state index contributed by atoms with van der Waals surface area (Å²) in [5, 5.41) is 11.9. The number of anilines is 1. The van der Waals surface area contributed by atoms with Crippen LogP contribution in [-0.2, 0) is 31.8 Å². The number of aryl methyl sites for hydroxylation is 1. The molecule has 1 heterocycles. The third-order valence-electron chi connectivity index (χ3n) is 4.48. The maximum atomic E-state index is 12.7. The van der Waals surface area contributed by atoms with Crippen LogP contribution < -0.4 is 14.5 Å². The molecule has 2 atom stereocenters. The Labute approximate surface area is 186 Å². The van der Waals surface area contributed by atoms with Crippen molar-refractivity contribution in [2.45, 2.75) is 18.7 Å². The largest absolute Gasteiger partial charge is 0.289 e. The number of hydroxylamine groups is 1. The highest BCUT2D eigenvalue weighted by atomic mass is 32.2. The molecule has 31 heavy (non-hydrogen) atoms. The number of nitrogens with zero attached hydrogens (tertiary/aromatic N) is 1. The predicted octanol–water partition coefficient (Wildman–Crippen LogP) is 2.15. The zero-order chi connectivity index (χ0) is 22.6. The molecule has 0 fully saturated rings. The molecule has 12 heteroatoms. The highest BCUT2D eigenvalue weighted by Gasteiger charge is 2.29. The zero-order valence-corrected chi connectivity index (χ0v) is 18.8. The molecule has 0 radical (unpaired) electrons. The number of fused-ring (bicyclic) bond motifs is 1. The second kappa shape index (κ2) is 9.85. The molecule has 0 saturated heterocycles. The first-order chi connectivity index (χ1) is 14.7. The molecule has 0 aliphatic rings. The fraction of sp³-hybridized carbons (Fsp3) is 0.211. The number of amides is 1. The Bertz CT molecular complexity index is 1190. The molecular weight excluding hydrogens is 462 g/mol. The van der Waals surface area contributed by atoms with Crippen molar-refractivity contribution in [3.05, 3.63) is 65.0 Å². The number of carbonyl (C=O) groups is 1. The standard InChI is InChI=1S/C19H21N3O6S3/c1-13-2-5-16(6-3-13)22(30(25)26)11-17(19(23)20-24)21-31(27,28)12-14-4-7-18-15(10-14)8-9-29-18/h2-10,17,21,24H,11-12H2,1H3,(H,20,23)(H,25,26). The van der Waals surface area contributed by atoms with Gasteiger partial charge < -0.3 is 0 Å². The number of thiophene rings is 1. The van der Waals surface area contributed by atoms with Crippen LogP contribution in [0.4, 0.5) is 5.69 Å². The number of rotatable bonds is 9. The molecule has 2 unspecified atom stereocenters. The fourth-order valence-electron chi connectivity index (χ4n) is 2.97. The SMILES string of the molecule is Cc1ccc(N(CC(NS(=O)(=O)Cc2ccc3sccc3c2)C(=O)NO)S(=O)O)cc1. The third kappa shape index (κ3) is 6.09. The van der Waals surface area contributed by atoms with Crippen molar-refractivity contribution in [1.29, 1.82) is 0 Å². The average molecular weight is 484 g/mol. The Morgan fingerprint density at radius 1 is 1.19 bits per heavy atom. The number of hydrogen-bond acceptors (Lipinski definition) is 6. The van der Waals surface area contributed by atoms with Crippen molar-refractivity contribution in [3.8, 4) is 0 Å².